The number of carbonyl (C=O) groups excluding carboxylic acids is 1. The third kappa shape index (κ3) is 3.98. The van der Waals surface area contributed by atoms with Crippen LogP contribution in [-0.4, -0.2) is 29.2 Å². The summed E-state index contributed by atoms with van der Waals surface area (Å²) in [5.74, 6) is 1.53. The first-order chi connectivity index (χ1) is 8.79. The average Bonchev–Trinajstić information content (AvgIpc) is 3.20. The van der Waals surface area contributed by atoms with Gasteiger partial charge in [0, 0.05) is 13.1 Å². The molecular weight excluding hydrogens is 228 g/mol. The molecule has 1 aliphatic rings. The SMILES string of the molecule is CCNC(=O)c1ccc(NCCCC2CC2)nn1. The normalized spacial score (nSPS) is 14.3. The second-order valence-electron chi connectivity index (χ2n) is 4.68. The van der Waals surface area contributed by atoms with Crippen molar-refractivity contribution in [3.63, 3.8) is 0 Å². The Labute approximate surface area is 107 Å². The van der Waals surface area contributed by atoms with Gasteiger partial charge in [-0.15, -0.1) is 10.2 Å². The van der Waals surface area contributed by atoms with Crippen LogP contribution in [0.2, 0.25) is 0 Å². The molecule has 98 valence electrons. The lowest BCUT2D eigenvalue weighted by atomic mass is 10.2. The molecule has 1 aromatic rings. The highest BCUT2D eigenvalue weighted by molar-refractivity contribution is 5.92. The molecule has 0 spiro atoms. The van der Waals surface area contributed by atoms with Gasteiger partial charge in [-0.3, -0.25) is 4.79 Å². The van der Waals surface area contributed by atoms with E-state index in [1.54, 1.807) is 12.1 Å². The van der Waals surface area contributed by atoms with Crippen LogP contribution < -0.4 is 10.6 Å². The summed E-state index contributed by atoms with van der Waals surface area (Å²) in [6, 6.07) is 3.50. The van der Waals surface area contributed by atoms with Crippen molar-refractivity contribution in [3.05, 3.63) is 17.8 Å². The Morgan fingerprint density at radius 1 is 1.39 bits per heavy atom. The van der Waals surface area contributed by atoms with E-state index in [-0.39, 0.29) is 5.91 Å². The fourth-order valence-electron chi connectivity index (χ4n) is 1.81. The highest BCUT2D eigenvalue weighted by Crippen LogP contribution is 2.33. The van der Waals surface area contributed by atoms with Crippen molar-refractivity contribution in [2.45, 2.75) is 32.6 Å². The lowest BCUT2D eigenvalue weighted by molar-refractivity contribution is 0.0950. The minimum Gasteiger partial charge on any atom is -0.369 e. The van der Waals surface area contributed by atoms with Gasteiger partial charge in [0.15, 0.2) is 5.69 Å². The Kier molecular flexibility index (Phi) is 4.50. The number of aromatic nitrogens is 2. The molecule has 1 amide bonds. The molecule has 2 rings (SSSR count). The van der Waals surface area contributed by atoms with Gasteiger partial charge in [-0.25, -0.2) is 0 Å². The Bertz CT molecular complexity index is 386. The first kappa shape index (κ1) is 12.8. The van der Waals surface area contributed by atoms with E-state index in [2.05, 4.69) is 20.8 Å². The van der Waals surface area contributed by atoms with E-state index in [1.165, 1.54) is 25.7 Å². The Balaban J connectivity index is 1.73. The number of nitrogens with one attached hydrogen (secondary N) is 2. The molecule has 2 N–H and O–H groups in total. The number of hydrogen-bond donors (Lipinski definition) is 2. The van der Waals surface area contributed by atoms with Gasteiger partial charge in [0.25, 0.3) is 5.91 Å². The van der Waals surface area contributed by atoms with Crippen molar-refractivity contribution in [1.82, 2.24) is 15.5 Å². The molecule has 0 saturated heterocycles. The van der Waals surface area contributed by atoms with E-state index < -0.39 is 0 Å². The maximum atomic E-state index is 11.5. The van der Waals surface area contributed by atoms with Gasteiger partial charge in [0.2, 0.25) is 0 Å². The van der Waals surface area contributed by atoms with E-state index in [9.17, 15) is 4.79 Å². The smallest absolute Gasteiger partial charge is 0.271 e. The summed E-state index contributed by atoms with van der Waals surface area (Å²) in [4.78, 5) is 11.5. The molecule has 1 aliphatic carbocycles. The minimum atomic E-state index is -0.176. The summed E-state index contributed by atoms with van der Waals surface area (Å²) in [6.45, 7) is 3.40. The molecule has 0 radical (unpaired) electrons. The zero-order valence-corrected chi connectivity index (χ0v) is 10.8. The van der Waals surface area contributed by atoms with Crippen molar-refractivity contribution in [3.8, 4) is 0 Å². The standard InChI is InChI=1S/C13H20N4O/c1-2-14-13(18)11-7-8-12(17-16-11)15-9-3-4-10-5-6-10/h7-8,10H,2-6,9H2,1H3,(H,14,18)(H,15,17). The maximum absolute atomic E-state index is 11.5. The summed E-state index contributed by atoms with van der Waals surface area (Å²) in [7, 11) is 0. The highest BCUT2D eigenvalue weighted by Gasteiger charge is 2.19. The Morgan fingerprint density at radius 3 is 2.83 bits per heavy atom. The summed E-state index contributed by atoms with van der Waals surface area (Å²) in [5.41, 5.74) is 0.361. The molecule has 0 aromatic carbocycles. The van der Waals surface area contributed by atoms with Crippen molar-refractivity contribution in [2.24, 2.45) is 5.92 Å². The van der Waals surface area contributed by atoms with Gasteiger partial charge in [-0.05, 0) is 37.8 Å². The molecule has 1 heterocycles. The third-order valence-electron chi connectivity index (χ3n) is 3.03. The molecule has 0 atom stereocenters. The lowest BCUT2D eigenvalue weighted by Gasteiger charge is -2.05. The lowest BCUT2D eigenvalue weighted by Crippen LogP contribution is -2.24. The van der Waals surface area contributed by atoms with Gasteiger partial charge in [0.05, 0.1) is 0 Å². The van der Waals surface area contributed by atoms with Crippen LogP contribution in [0.3, 0.4) is 0 Å². The fraction of sp³-hybridized carbons (Fsp3) is 0.615. The second-order valence-corrected chi connectivity index (χ2v) is 4.68. The van der Waals surface area contributed by atoms with Gasteiger partial charge >= 0.3 is 0 Å². The highest BCUT2D eigenvalue weighted by atomic mass is 16.1. The van der Waals surface area contributed by atoms with Gasteiger partial charge in [-0.1, -0.05) is 12.8 Å². The van der Waals surface area contributed by atoms with Crippen LogP contribution in [0.5, 0.6) is 0 Å². The van der Waals surface area contributed by atoms with E-state index in [0.717, 1.165) is 18.3 Å². The van der Waals surface area contributed by atoms with Crippen molar-refractivity contribution < 1.29 is 4.79 Å². The summed E-state index contributed by atoms with van der Waals surface area (Å²) < 4.78 is 0. The monoisotopic (exact) mass is 248 g/mol. The molecule has 1 fully saturated rings. The number of nitrogens with zero attached hydrogens (tertiary/aromatic N) is 2. The average molecular weight is 248 g/mol. The second kappa shape index (κ2) is 6.33. The predicted molar refractivity (Wildman–Crippen MR) is 70.5 cm³/mol. The molecule has 18 heavy (non-hydrogen) atoms. The van der Waals surface area contributed by atoms with Gasteiger partial charge in [0.1, 0.15) is 5.82 Å². The van der Waals surface area contributed by atoms with E-state index in [0.29, 0.717) is 12.2 Å². The first-order valence-electron chi connectivity index (χ1n) is 6.65. The Morgan fingerprint density at radius 2 is 2.22 bits per heavy atom. The van der Waals surface area contributed by atoms with Crippen molar-refractivity contribution >= 4 is 11.7 Å². The van der Waals surface area contributed by atoms with E-state index in [4.69, 9.17) is 0 Å². The van der Waals surface area contributed by atoms with E-state index >= 15 is 0 Å². The molecular formula is C13H20N4O. The van der Waals surface area contributed by atoms with Crippen LogP contribution >= 0.6 is 0 Å². The Hall–Kier alpha value is -1.65. The maximum Gasteiger partial charge on any atom is 0.271 e. The number of hydrogen-bond acceptors (Lipinski definition) is 4. The summed E-state index contributed by atoms with van der Waals surface area (Å²) >= 11 is 0. The molecule has 1 saturated carbocycles. The molecule has 0 unspecified atom stereocenters. The predicted octanol–water partition coefficient (Wildman–Crippen LogP) is 1.83. The van der Waals surface area contributed by atoms with Gasteiger partial charge in [-0.2, -0.15) is 0 Å². The zero-order chi connectivity index (χ0) is 12.8. The molecule has 0 aliphatic heterocycles. The number of anilines is 1. The quantitative estimate of drug-likeness (QED) is 0.722. The number of amides is 1. The van der Waals surface area contributed by atoms with Crippen LogP contribution in [0.1, 0.15) is 43.1 Å². The van der Waals surface area contributed by atoms with Crippen LogP contribution in [0.15, 0.2) is 12.1 Å². The van der Waals surface area contributed by atoms with Crippen LogP contribution in [-0.2, 0) is 0 Å². The fourth-order valence-corrected chi connectivity index (χ4v) is 1.81. The summed E-state index contributed by atoms with van der Waals surface area (Å²) in [5, 5.41) is 13.8. The number of carbonyl (C=O) groups is 1. The molecule has 5 nitrogen and oxygen atoms in total. The topological polar surface area (TPSA) is 66.9 Å². The van der Waals surface area contributed by atoms with Crippen LogP contribution in [0.4, 0.5) is 5.82 Å². The van der Waals surface area contributed by atoms with Gasteiger partial charge < -0.3 is 10.6 Å². The van der Waals surface area contributed by atoms with Crippen LogP contribution in [0, 0.1) is 5.92 Å². The van der Waals surface area contributed by atoms with E-state index in [1.807, 2.05) is 6.92 Å². The molecule has 0 bridgehead atoms. The zero-order valence-electron chi connectivity index (χ0n) is 10.8. The van der Waals surface area contributed by atoms with Crippen molar-refractivity contribution in [2.75, 3.05) is 18.4 Å². The third-order valence-corrected chi connectivity index (χ3v) is 3.03. The summed E-state index contributed by atoms with van der Waals surface area (Å²) in [6.07, 6.45) is 5.28. The first-order valence-corrected chi connectivity index (χ1v) is 6.65. The number of rotatable bonds is 7. The van der Waals surface area contributed by atoms with Crippen molar-refractivity contribution in [1.29, 1.82) is 0 Å². The molecule has 5 heteroatoms. The molecule has 1 aromatic heterocycles. The minimum absolute atomic E-state index is 0.176. The largest absolute Gasteiger partial charge is 0.369 e. The van der Waals surface area contributed by atoms with Crippen LogP contribution in [0.25, 0.3) is 0 Å².